The van der Waals surface area contributed by atoms with Crippen molar-refractivity contribution >= 4 is 31.9 Å². The van der Waals surface area contributed by atoms with Gasteiger partial charge in [0.25, 0.3) is 0 Å². The third-order valence-corrected chi connectivity index (χ3v) is 4.49. The third-order valence-electron chi connectivity index (χ3n) is 2.31. The second-order valence-electron chi connectivity index (χ2n) is 3.82. The molecule has 0 saturated carbocycles. The molecule has 1 unspecified atom stereocenters. The molecule has 0 aliphatic rings. The lowest BCUT2D eigenvalue weighted by atomic mass is 10.1. The molecule has 0 bridgehead atoms. The highest BCUT2D eigenvalue weighted by molar-refractivity contribution is 9.10. The van der Waals surface area contributed by atoms with E-state index in [0.29, 0.717) is 0 Å². The van der Waals surface area contributed by atoms with Crippen LogP contribution in [0.2, 0.25) is 0 Å². The fourth-order valence-corrected chi connectivity index (χ4v) is 3.29. The highest BCUT2D eigenvalue weighted by Gasteiger charge is 2.18. The van der Waals surface area contributed by atoms with Gasteiger partial charge in [-0.25, -0.2) is 13.1 Å². The summed E-state index contributed by atoms with van der Waals surface area (Å²) in [7, 11) is -3.59. The van der Waals surface area contributed by atoms with E-state index in [1.54, 1.807) is 13.0 Å². The first kappa shape index (κ1) is 15.1. The summed E-state index contributed by atoms with van der Waals surface area (Å²) in [5, 5.41) is 8.47. The fourth-order valence-electron chi connectivity index (χ4n) is 1.44. The van der Waals surface area contributed by atoms with E-state index < -0.39 is 34.2 Å². The predicted molar refractivity (Wildman–Crippen MR) is 71.7 cm³/mol. The number of halogens is 1. The Bertz CT molecular complexity index is 530. The highest BCUT2D eigenvalue weighted by atomic mass is 79.9. The number of hydrogen-bond acceptors (Lipinski definition) is 3. The SMILES string of the molecule is CC(NS(=O)(=O)CCC(=O)O)c1ccccc1Br. The van der Waals surface area contributed by atoms with Crippen LogP contribution in [0.3, 0.4) is 0 Å². The van der Waals surface area contributed by atoms with Crippen LogP contribution in [0.4, 0.5) is 0 Å². The van der Waals surface area contributed by atoms with Crippen molar-refractivity contribution in [1.82, 2.24) is 4.72 Å². The zero-order valence-electron chi connectivity index (χ0n) is 9.76. The number of sulfonamides is 1. The van der Waals surface area contributed by atoms with Gasteiger partial charge in [-0.05, 0) is 18.6 Å². The summed E-state index contributed by atoms with van der Waals surface area (Å²) in [6.07, 6.45) is -0.405. The molecule has 1 atom stereocenters. The molecule has 100 valence electrons. The summed E-state index contributed by atoms with van der Waals surface area (Å²) < 4.78 is 26.5. The standard InChI is InChI=1S/C11H14BrNO4S/c1-8(9-4-2-3-5-10(9)12)13-18(16,17)7-6-11(14)15/h2-5,8,13H,6-7H2,1H3,(H,14,15). The van der Waals surface area contributed by atoms with E-state index in [1.165, 1.54) is 0 Å². The van der Waals surface area contributed by atoms with Gasteiger partial charge in [0.1, 0.15) is 0 Å². The van der Waals surface area contributed by atoms with Gasteiger partial charge in [0, 0.05) is 10.5 Å². The molecule has 7 heteroatoms. The average molecular weight is 336 g/mol. The van der Waals surface area contributed by atoms with Gasteiger partial charge in [-0.2, -0.15) is 0 Å². The Hall–Kier alpha value is -0.920. The molecule has 1 aromatic rings. The number of benzene rings is 1. The van der Waals surface area contributed by atoms with E-state index in [-0.39, 0.29) is 0 Å². The van der Waals surface area contributed by atoms with Crippen molar-refractivity contribution in [2.45, 2.75) is 19.4 Å². The molecule has 0 fully saturated rings. The van der Waals surface area contributed by atoms with Crippen molar-refractivity contribution in [3.63, 3.8) is 0 Å². The summed E-state index contributed by atoms with van der Waals surface area (Å²) >= 11 is 3.34. The van der Waals surface area contributed by atoms with Crippen LogP contribution in [0, 0.1) is 0 Å². The first-order valence-electron chi connectivity index (χ1n) is 5.28. The van der Waals surface area contributed by atoms with Crippen LogP contribution in [-0.4, -0.2) is 25.2 Å². The Balaban J connectivity index is 2.73. The lowest BCUT2D eigenvalue weighted by Crippen LogP contribution is -2.30. The van der Waals surface area contributed by atoms with Crippen LogP contribution >= 0.6 is 15.9 Å². The minimum Gasteiger partial charge on any atom is -0.481 e. The second-order valence-corrected chi connectivity index (χ2v) is 6.55. The number of hydrogen-bond donors (Lipinski definition) is 2. The first-order valence-corrected chi connectivity index (χ1v) is 7.72. The molecule has 1 rings (SSSR count). The molecular weight excluding hydrogens is 322 g/mol. The molecule has 0 aliphatic carbocycles. The summed E-state index contributed by atoms with van der Waals surface area (Å²) in [5.41, 5.74) is 0.802. The van der Waals surface area contributed by atoms with Crippen LogP contribution in [-0.2, 0) is 14.8 Å². The van der Waals surface area contributed by atoms with Gasteiger partial charge < -0.3 is 5.11 Å². The monoisotopic (exact) mass is 335 g/mol. The van der Waals surface area contributed by atoms with E-state index in [2.05, 4.69) is 20.7 Å². The smallest absolute Gasteiger partial charge is 0.304 e. The van der Waals surface area contributed by atoms with Crippen LogP contribution in [0.5, 0.6) is 0 Å². The van der Waals surface area contributed by atoms with Gasteiger partial charge in [-0.1, -0.05) is 34.1 Å². The maximum atomic E-state index is 11.6. The van der Waals surface area contributed by atoms with E-state index in [9.17, 15) is 13.2 Å². The molecule has 18 heavy (non-hydrogen) atoms. The van der Waals surface area contributed by atoms with Crippen molar-refractivity contribution in [1.29, 1.82) is 0 Å². The Kier molecular flexibility index (Phi) is 5.30. The molecule has 5 nitrogen and oxygen atoms in total. The van der Waals surface area contributed by atoms with E-state index in [4.69, 9.17) is 5.11 Å². The summed E-state index contributed by atoms with van der Waals surface area (Å²) in [6.45, 7) is 1.71. The third kappa shape index (κ3) is 4.75. The number of rotatable bonds is 6. The lowest BCUT2D eigenvalue weighted by molar-refractivity contribution is -0.136. The molecule has 0 aromatic heterocycles. The number of carbonyl (C=O) groups is 1. The molecular formula is C11H14BrNO4S. The molecule has 0 aliphatic heterocycles. The molecule has 0 saturated heterocycles. The second kappa shape index (κ2) is 6.31. The van der Waals surface area contributed by atoms with Gasteiger partial charge in [0.15, 0.2) is 0 Å². The van der Waals surface area contributed by atoms with Crippen LogP contribution in [0.1, 0.15) is 24.9 Å². The average Bonchev–Trinajstić information content (AvgIpc) is 2.26. The minimum absolute atomic E-state index is 0.405. The molecule has 0 amide bonds. The van der Waals surface area contributed by atoms with Crippen LogP contribution in [0.25, 0.3) is 0 Å². The summed E-state index contributed by atoms with van der Waals surface area (Å²) in [5.74, 6) is -1.55. The fraction of sp³-hybridized carbons (Fsp3) is 0.364. The maximum absolute atomic E-state index is 11.6. The zero-order chi connectivity index (χ0) is 13.8. The minimum atomic E-state index is -3.59. The normalized spacial score (nSPS) is 13.2. The number of carboxylic acid groups (broad SMARTS) is 1. The molecule has 2 N–H and O–H groups in total. The Morgan fingerprint density at radius 2 is 2.06 bits per heavy atom. The van der Waals surface area contributed by atoms with Crippen LogP contribution in [0.15, 0.2) is 28.7 Å². The highest BCUT2D eigenvalue weighted by Crippen LogP contribution is 2.23. The quantitative estimate of drug-likeness (QED) is 0.831. The molecule has 0 spiro atoms. The summed E-state index contributed by atoms with van der Waals surface area (Å²) in [4.78, 5) is 10.4. The Morgan fingerprint density at radius 3 is 2.61 bits per heavy atom. The van der Waals surface area contributed by atoms with Crippen molar-refractivity contribution in [2.24, 2.45) is 0 Å². The van der Waals surface area contributed by atoms with Crippen molar-refractivity contribution in [2.75, 3.05) is 5.75 Å². The molecule has 1 aromatic carbocycles. The maximum Gasteiger partial charge on any atom is 0.304 e. The summed E-state index contributed by atoms with van der Waals surface area (Å²) in [6, 6.07) is 6.84. The van der Waals surface area contributed by atoms with Gasteiger partial charge in [0.05, 0.1) is 12.2 Å². The van der Waals surface area contributed by atoms with E-state index in [1.807, 2.05) is 18.2 Å². The van der Waals surface area contributed by atoms with E-state index >= 15 is 0 Å². The Morgan fingerprint density at radius 1 is 1.44 bits per heavy atom. The zero-order valence-corrected chi connectivity index (χ0v) is 12.2. The van der Waals surface area contributed by atoms with Crippen molar-refractivity contribution in [3.8, 4) is 0 Å². The molecule has 0 heterocycles. The van der Waals surface area contributed by atoms with Crippen molar-refractivity contribution < 1.29 is 18.3 Å². The van der Waals surface area contributed by atoms with Crippen LogP contribution < -0.4 is 4.72 Å². The molecule has 0 radical (unpaired) electrons. The van der Waals surface area contributed by atoms with E-state index in [0.717, 1.165) is 10.0 Å². The predicted octanol–water partition coefficient (Wildman–Crippen LogP) is 1.90. The van der Waals surface area contributed by atoms with Crippen molar-refractivity contribution in [3.05, 3.63) is 34.3 Å². The first-order chi connectivity index (χ1) is 8.32. The van der Waals surface area contributed by atoms with Gasteiger partial charge in [0.2, 0.25) is 10.0 Å². The lowest BCUT2D eigenvalue weighted by Gasteiger charge is -2.15. The van der Waals surface area contributed by atoms with Gasteiger partial charge in [-0.15, -0.1) is 0 Å². The number of aliphatic carboxylic acids is 1. The number of nitrogens with one attached hydrogen (secondary N) is 1. The Labute approximate surface area is 114 Å². The number of carboxylic acids is 1. The van der Waals surface area contributed by atoms with Gasteiger partial charge >= 0.3 is 5.97 Å². The topological polar surface area (TPSA) is 83.5 Å². The largest absolute Gasteiger partial charge is 0.481 e. The van der Waals surface area contributed by atoms with Gasteiger partial charge in [-0.3, -0.25) is 4.79 Å².